The summed E-state index contributed by atoms with van der Waals surface area (Å²) < 4.78 is 24.6. The number of benzene rings is 2. The number of anilines is 1. The summed E-state index contributed by atoms with van der Waals surface area (Å²) in [5.41, 5.74) is 1.12. The van der Waals surface area contributed by atoms with E-state index in [0.717, 1.165) is 5.56 Å². The molecule has 5 rings (SSSR count). The summed E-state index contributed by atoms with van der Waals surface area (Å²) in [4.78, 5) is 53.2. The zero-order valence-corrected chi connectivity index (χ0v) is 25.8. The zero-order chi connectivity index (χ0) is 32.3. The number of likely N-dealkylation sites (tertiary alicyclic amines) is 1. The lowest BCUT2D eigenvalue weighted by Gasteiger charge is -2.36. The topological polar surface area (TPSA) is 138 Å². The fourth-order valence-electron chi connectivity index (χ4n) is 6.60. The van der Waals surface area contributed by atoms with Crippen molar-refractivity contribution in [2.45, 2.75) is 76.5 Å². The number of hydrogen-bond acceptors (Lipinski definition) is 6. The number of carbonyl (C=O) groups is 4. The molecule has 1 aliphatic heterocycles. The van der Waals surface area contributed by atoms with Crippen molar-refractivity contribution in [3.05, 3.63) is 65.9 Å². The number of aromatic carboxylic acids is 1. The standard InChI is InChI=1S/C34H40FN3O7/c1-34(2,3)45-33(43)37-26(19-35)21-9-11-22(12-10-21)31(40)38-16-15-25(20-7-5-4-6-8-20)29(38)30(39)36-24-13-14-27-23(17-24)18-28(44-27)32(41)42/h4-8,13-14,17-18,21-22,25-26,29H,9-12,15-16,19H2,1-3H3,(H,36,39)(H,37,43)(H,41,42)/t21-,22-,25-,26?,29-/m0/s1. The Morgan fingerprint density at radius 3 is 2.38 bits per heavy atom. The number of hydrogen-bond donors (Lipinski definition) is 3. The van der Waals surface area contributed by atoms with Gasteiger partial charge >= 0.3 is 12.1 Å². The summed E-state index contributed by atoms with van der Waals surface area (Å²) in [6, 6.07) is 14.5. The predicted octanol–water partition coefficient (Wildman–Crippen LogP) is 6.12. The summed E-state index contributed by atoms with van der Waals surface area (Å²) in [6.45, 7) is 4.94. The van der Waals surface area contributed by atoms with Gasteiger partial charge in [0.1, 0.15) is 23.9 Å². The van der Waals surface area contributed by atoms with Crippen LogP contribution in [0.25, 0.3) is 11.0 Å². The van der Waals surface area contributed by atoms with E-state index in [-0.39, 0.29) is 35.3 Å². The van der Waals surface area contributed by atoms with Crippen molar-refractivity contribution < 1.29 is 37.8 Å². The number of alkyl carbamates (subject to hydrolysis) is 1. The lowest BCUT2D eigenvalue weighted by Crippen LogP contribution is -2.49. The fraction of sp³-hybridized carbons (Fsp3) is 0.471. The Labute approximate surface area is 261 Å². The molecule has 1 aliphatic carbocycles. The van der Waals surface area contributed by atoms with E-state index in [4.69, 9.17) is 9.15 Å². The molecule has 2 heterocycles. The molecule has 2 fully saturated rings. The molecule has 3 amide bonds. The van der Waals surface area contributed by atoms with E-state index in [1.54, 1.807) is 43.9 Å². The Balaban J connectivity index is 1.29. The summed E-state index contributed by atoms with van der Waals surface area (Å²) in [6.07, 6.45) is 2.15. The monoisotopic (exact) mass is 621 g/mol. The van der Waals surface area contributed by atoms with Crippen LogP contribution in [0, 0.1) is 11.8 Å². The third kappa shape index (κ3) is 7.46. The Kier molecular flexibility index (Phi) is 9.45. The lowest BCUT2D eigenvalue weighted by atomic mass is 9.78. The normalized spacial score (nSPS) is 22.5. The van der Waals surface area contributed by atoms with Crippen LogP contribution in [-0.2, 0) is 14.3 Å². The Morgan fingerprint density at radius 1 is 1.02 bits per heavy atom. The first-order valence-corrected chi connectivity index (χ1v) is 15.4. The van der Waals surface area contributed by atoms with Crippen LogP contribution in [0.15, 0.2) is 59.0 Å². The molecule has 0 spiro atoms. The highest BCUT2D eigenvalue weighted by Crippen LogP contribution is 2.39. The van der Waals surface area contributed by atoms with E-state index in [1.165, 1.54) is 6.07 Å². The average Bonchev–Trinajstić information content (AvgIpc) is 3.64. The highest BCUT2D eigenvalue weighted by molar-refractivity contribution is 6.00. The highest BCUT2D eigenvalue weighted by Gasteiger charge is 2.45. The van der Waals surface area contributed by atoms with Gasteiger partial charge in [0, 0.05) is 29.5 Å². The maximum Gasteiger partial charge on any atom is 0.407 e. The van der Waals surface area contributed by atoms with Gasteiger partial charge in [-0.05, 0) is 88.6 Å². The first-order valence-electron chi connectivity index (χ1n) is 15.4. The second-order valence-corrected chi connectivity index (χ2v) is 13.0. The van der Waals surface area contributed by atoms with Crippen LogP contribution in [0.3, 0.4) is 0 Å². The van der Waals surface area contributed by atoms with Crippen LogP contribution in [0.1, 0.15) is 74.9 Å². The van der Waals surface area contributed by atoms with Crippen LogP contribution in [-0.4, -0.2) is 64.8 Å². The van der Waals surface area contributed by atoms with Gasteiger partial charge in [0.25, 0.3) is 0 Å². The molecule has 0 radical (unpaired) electrons. The van der Waals surface area contributed by atoms with Gasteiger partial charge in [0.2, 0.25) is 17.6 Å². The smallest absolute Gasteiger partial charge is 0.407 e. The maximum atomic E-state index is 14.0. The molecule has 3 N–H and O–H groups in total. The molecule has 2 aliphatic rings. The van der Waals surface area contributed by atoms with Crippen molar-refractivity contribution in [2.75, 3.05) is 18.5 Å². The van der Waals surface area contributed by atoms with E-state index in [0.29, 0.717) is 55.3 Å². The molecule has 3 aromatic rings. The van der Waals surface area contributed by atoms with E-state index < -0.39 is 36.4 Å². The van der Waals surface area contributed by atoms with Crippen molar-refractivity contribution in [1.82, 2.24) is 10.2 Å². The molecular weight excluding hydrogens is 581 g/mol. The molecule has 1 saturated heterocycles. The number of furan rings is 1. The van der Waals surface area contributed by atoms with Gasteiger partial charge in [0.15, 0.2) is 0 Å². The second-order valence-electron chi connectivity index (χ2n) is 13.0. The van der Waals surface area contributed by atoms with Crippen LogP contribution >= 0.6 is 0 Å². The van der Waals surface area contributed by atoms with Crippen molar-refractivity contribution in [1.29, 1.82) is 0 Å². The van der Waals surface area contributed by atoms with Crippen LogP contribution < -0.4 is 10.6 Å². The maximum absolute atomic E-state index is 14.0. The third-order valence-corrected chi connectivity index (χ3v) is 8.73. The molecule has 0 bridgehead atoms. The van der Waals surface area contributed by atoms with E-state index in [9.17, 15) is 28.7 Å². The number of amides is 3. The summed E-state index contributed by atoms with van der Waals surface area (Å²) in [7, 11) is 0. The van der Waals surface area contributed by atoms with Crippen molar-refractivity contribution >= 4 is 40.5 Å². The number of nitrogens with one attached hydrogen (secondary N) is 2. The van der Waals surface area contributed by atoms with E-state index in [2.05, 4.69) is 10.6 Å². The molecular formula is C34H40FN3O7. The first-order chi connectivity index (χ1) is 21.4. The zero-order valence-electron chi connectivity index (χ0n) is 25.8. The van der Waals surface area contributed by atoms with Gasteiger partial charge in [-0.3, -0.25) is 9.59 Å². The van der Waals surface area contributed by atoms with Crippen LogP contribution in [0.2, 0.25) is 0 Å². The summed E-state index contributed by atoms with van der Waals surface area (Å²) in [5, 5.41) is 15.4. The number of nitrogens with zero attached hydrogens (tertiary/aromatic N) is 1. The largest absolute Gasteiger partial charge is 0.475 e. The number of halogens is 1. The molecule has 1 aromatic heterocycles. The summed E-state index contributed by atoms with van der Waals surface area (Å²) >= 11 is 0. The lowest BCUT2D eigenvalue weighted by molar-refractivity contribution is -0.141. The Bertz CT molecular complexity index is 1540. The molecule has 10 nitrogen and oxygen atoms in total. The number of alkyl halides is 1. The molecule has 240 valence electrons. The van der Waals surface area contributed by atoms with Crippen LogP contribution in [0.5, 0.6) is 0 Å². The minimum Gasteiger partial charge on any atom is -0.475 e. The summed E-state index contributed by atoms with van der Waals surface area (Å²) in [5.74, 6) is -2.46. The van der Waals surface area contributed by atoms with Crippen molar-refractivity contribution in [3.8, 4) is 0 Å². The Morgan fingerprint density at radius 2 is 1.73 bits per heavy atom. The van der Waals surface area contributed by atoms with Gasteiger partial charge in [0.05, 0.1) is 6.04 Å². The van der Waals surface area contributed by atoms with Gasteiger partial charge in [-0.2, -0.15) is 0 Å². The predicted molar refractivity (Wildman–Crippen MR) is 166 cm³/mol. The molecule has 45 heavy (non-hydrogen) atoms. The molecule has 11 heteroatoms. The minimum absolute atomic E-state index is 0.0969. The molecule has 1 unspecified atom stereocenters. The number of carbonyl (C=O) groups excluding carboxylic acids is 3. The Hall–Kier alpha value is -4.41. The van der Waals surface area contributed by atoms with Gasteiger partial charge in [-0.25, -0.2) is 14.0 Å². The average molecular weight is 622 g/mol. The van der Waals surface area contributed by atoms with Crippen LogP contribution in [0.4, 0.5) is 14.9 Å². The number of ether oxygens (including phenoxy) is 1. The second kappa shape index (κ2) is 13.3. The van der Waals surface area contributed by atoms with Gasteiger partial charge < -0.3 is 29.8 Å². The molecule has 1 saturated carbocycles. The molecule has 3 atom stereocenters. The first kappa shape index (κ1) is 32.0. The number of rotatable bonds is 8. The van der Waals surface area contributed by atoms with Gasteiger partial charge in [-0.15, -0.1) is 0 Å². The van der Waals surface area contributed by atoms with Gasteiger partial charge in [-0.1, -0.05) is 30.3 Å². The number of carboxylic acids is 1. The third-order valence-electron chi connectivity index (χ3n) is 8.73. The van der Waals surface area contributed by atoms with E-state index >= 15 is 0 Å². The SMILES string of the molecule is CC(C)(C)OC(=O)NC(CF)[C@H]1CC[C@H](C(=O)N2CC[C@@H](c3ccccc3)[C@H]2C(=O)Nc2ccc3oc(C(=O)O)cc3c2)CC1. The molecule has 2 aromatic carbocycles. The van der Waals surface area contributed by atoms with Crippen molar-refractivity contribution in [3.63, 3.8) is 0 Å². The van der Waals surface area contributed by atoms with E-state index in [1.807, 2.05) is 30.3 Å². The fourth-order valence-corrected chi connectivity index (χ4v) is 6.60. The number of fused-ring (bicyclic) bond motifs is 1. The van der Waals surface area contributed by atoms with Crippen molar-refractivity contribution in [2.24, 2.45) is 11.8 Å². The quantitative estimate of drug-likeness (QED) is 0.275. The highest BCUT2D eigenvalue weighted by atomic mass is 19.1. The number of carboxylic acid groups (broad SMARTS) is 1. The minimum atomic E-state index is -1.18.